The summed E-state index contributed by atoms with van der Waals surface area (Å²) in [5.41, 5.74) is 0. The number of carboxylic acid groups (broad SMARTS) is 1. The van der Waals surface area contributed by atoms with Gasteiger partial charge in [0.2, 0.25) is 17.7 Å². The van der Waals surface area contributed by atoms with Gasteiger partial charge in [0.25, 0.3) is 0 Å². The van der Waals surface area contributed by atoms with Crippen molar-refractivity contribution >= 4 is 23.7 Å². The molecule has 0 aromatic rings. The van der Waals surface area contributed by atoms with Gasteiger partial charge in [-0.15, -0.1) is 0 Å². The highest BCUT2D eigenvalue weighted by atomic mass is 16.4. The van der Waals surface area contributed by atoms with E-state index in [9.17, 15) is 19.2 Å². The maximum Gasteiger partial charge on any atom is 0.326 e. The summed E-state index contributed by atoms with van der Waals surface area (Å²) in [6.07, 6.45) is 0.520. The standard InChI is InChI=1S/C14H25N3O5/c1-4-9(2)13(14(21)22)17-12(20)6-5-11(19)16-8-7-15-10(3)18/h9,13H,4-8H2,1-3H3,(H,15,18)(H,16,19)(H,17,20)(H,21,22). The number of carbonyl (C=O) groups is 4. The highest BCUT2D eigenvalue weighted by Gasteiger charge is 2.25. The van der Waals surface area contributed by atoms with Crippen molar-refractivity contribution in [2.45, 2.75) is 46.1 Å². The summed E-state index contributed by atoms with van der Waals surface area (Å²) in [7, 11) is 0. The molecule has 0 spiro atoms. The molecular weight excluding hydrogens is 290 g/mol. The number of carbonyl (C=O) groups excluding carboxylic acids is 3. The van der Waals surface area contributed by atoms with E-state index in [1.165, 1.54) is 6.92 Å². The van der Waals surface area contributed by atoms with E-state index >= 15 is 0 Å². The second-order valence-electron chi connectivity index (χ2n) is 5.10. The molecule has 22 heavy (non-hydrogen) atoms. The monoisotopic (exact) mass is 315 g/mol. The number of amides is 3. The molecule has 0 radical (unpaired) electrons. The predicted octanol–water partition coefficient (Wildman–Crippen LogP) is -0.366. The second-order valence-corrected chi connectivity index (χ2v) is 5.10. The molecule has 0 heterocycles. The lowest BCUT2D eigenvalue weighted by atomic mass is 9.99. The van der Waals surface area contributed by atoms with Crippen LogP contribution >= 0.6 is 0 Å². The number of aliphatic carboxylic acids is 1. The van der Waals surface area contributed by atoms with E-state index in [-0.39, 0.29) is 37.1 Å². The van der Waals surface area contributed by atoms with Gasteiger partial charge in [-0.05, 0) is 5.92 Å². The Bertz CT molecular complexity index is 411. The van der Waals surface area contributed by atoms with Crippen LogP contribution in [0.4, 0.5) is 0 Å². The first-order valence-electron chi connectivity index (χ1n) is 7.31. The fraction of sp³-hybridized carbons (Fsp3) is 0.714. The fourth-order valence-electron chi connectivity index (χ4n) is 1.68. The number of nitrogens with one attached hydrogen (secondary N) is 3. The molecule has 0 rings (SSSR count). The molecule has 0 aliphatic heterocycles. The van der Waals surface area contributed by atoms with E-state index in [0.29, 0.717) is 13.0 Å². The van der Waals surface area contributed by atoms with Crippen LogP contribution in [0.5, 0.6) is 0 Å². The molecule has 0 aromatic carbocycles. The molecule has 2 atom stereocenters. The Hall–Kier alpha value is -2.12. The largest absolute Gasteiger partial charge is 0.480 e. The lowest BCUT2D eigenvalue weighted by Crippen LogP contribution is -2.45. The summed E-state index contributed by atoms with van der Waals surface area (Å²) < 4.78 is 0. The normalized spacial score (nSPS) is 12.9. The van der Waals surface area contributed by atoms with E-state index in [4.69, 9.17) is 5.11 Å². The van der Waals surface area contributed by atoms with Gasteiger partial charge in [-0.3, -0.25) is 14.4 Å². The molecule has 3 amide bonds. The molecule has 4 N–H and O–H groups in total. The summed E-state index contributed by atoms with van der Waals surface area (Å²) >= 11 is 0. The van der Waals surface area contributed by atoms with Crippen molar-refractivity contribution in [3.8, 4) is 0 Å². The van der Waals surface area contributed by atoms with Crippen LogP contribution in [0.3, 0.4) is 0 Å². The molecule has 0 aromatic heterocycles. The first-order chi connectivity index (χ1) is 10.3. The van der Waals surface area contributed by atoms with Gasteiger partial charge >= 0.3 is 5.97 Å². The minimum atomic E-state index is -1.08. The summed E-state index contributed by atoms with van der Waals surface area (Å²) in [6.45, 7) is 5.57. The van der Waals surface area contributed by atoms with Crippen LogP contribution in [0.15, 0.2) is 0 Å². The van der Waals surface area contributed by atoms with Crippen molar-refractivity contribution in [2.24, 2.45) is 5.92 Å². The van der Waals surface area contributed by atoms with Crippen LogP contribution in [-0.2, 0) is 19.2 Å². The summed E-state index contributed by atoms with van der Waals surface area (Å²) in [4.78, 5) is 44.9. The average molecular weight is 315 g/mol. The van der Waals surface area contributed by atoms with E-state index in [1.807, 2.05) is 6.92 Å². The minimum absolute atomic E-state index is 0.0290. The lowest BCUT2D eigenvalue weighted by molar-refractivity contribution is -0.143. The Kier molecular flexibility index (Phi) is 9.56. The van der Waals surface area contributed by atoms with E-state index in [0.717, 1.165) is 0 Å². The van der Waals surface area contributed by atoms with Gasteiger partial charge in [-0.25, -0.2) is 4.79 Å². The van der Waals surface area contributed by atoms with Crippen molar-refractivity contribution in [3.05, 3.63) is 0 Å². The molecule has 2 unspecified atom stereocenters. The molecule has 0 aliphatic rings. The SMILES string of the molecule is CCC(C)C(NC(=O)CCC(=O)NCCNC(C)=O)C(=O)O. The molecule has 0 fully saturated rings. The zero-order valence-corrected chi connectivity index (χ0v) is 13.3. The molecular formula is C14H25N3O5. The van der Waals surface area contributed by atoms with E-state index in [2.05, 4.69) is 16.0 Å². The van der Waals surface area contributed by atoms with Crippen LogP contribution in [0.25, 0.3) is 0 Å². The third-order valence-electron chi connectivity index (χ3n) is 3.20. The minimum Gasteiger partial charge on any atom is -0.480 e. The number of hydrogen-bond acceptors (Lipinski definition) is 4. The second kappa shape index (κ2) is 10.6. The Morgan fingerprint density at radius 3 is 2.05 bits per heavy atom. The Balaban J connectivity index is 4.03. The molecule has 8 heteroatoms. The third kappa shape index (κ3) is 8.93. The smallest absolute Gasteiger partial charge is 0.326 e. The van der Waals surface area contributed by atoms with Gasteiger partial charge in [0.15, 0.2) is 0 Å². The number of carboxylic acids is 1. The van der Waals surface area contributed by atoms with Crippen molar-refractivity contribution in [3.63, 3.8) is 0 Å². The fourth-order valence-corrected chi connectivity index (χ4v) is 1.68. The Morgan fingerprint density at radius 1 is 1.00 bits per heavy atom. The molecule has 0 saturated carbocycles. The highest BCUT2D eigenvalue weighted by Crippen LogP contribution is 2.08. The zero-order chi connectivity index (χ0) is 17.1. The van der Waals surface area contributed by atoms with Crippen molar-refractivity contribution in [1.29, 1.82) is 0 Å². The molecule has 126 valence electrons. The van der Waals surface area contributed by atoms with Crippen molar-refractivity contribution in [1.82, 2.24) is 16.0 Å². The lowest BCUT2D eigenvalue weighted by Gasteiger charge is -2.20. The molecule has 0 bridgehead atoms. The summed E-state index contributed by atoms with van der Waals surface area (Å²) in [5.74, 6) is -2.24. The number of hydrogen-bond donors (Lipinski definition) is 4. The molecule has 0 saturated heterocycles. The van der Waals surface area contributed by atoms with Gasteiger partial charge < -0.3 is 21.1 Å². The molecule has 0 aliphatic carbocycles. The van der Waals surface area contributed by atoms with Crippen molar-refractivity contribution < 1.29 is 24.3 Å². The summed E-state index contributed by atoms with van der Waals surface area (Å²) in [5, 5.41) is 16.6. The maximum absolute atomic E-state index is 11.7. The topological polar surface area (TPSA) is 125 Å². The Labute approximate surface area is 130 Å². The first kappa shape index (κ1) is 19.9. The summed E-state index contributed by atoms with van der Waals surface area (Å²) in [6, 6.07) is -0.944. The Morgan fingerprint density at radius 2 is 1.55 bits per heavy atom. The first-order valence-corrected chi connectivity index (χ1v) is 7.31. The van der Waals surface area contributed by atoms with Crippen LogP contribution in [-0.4, -0.2) is 47.9 Å². The van der Waals surface area contributed by atoms with Crippen LogP contribution < -0.4 is 16.0 Å². The van der Waals surface area contributed by atoms with E-state index in [1.54, 1.807) is 6.92 Å². The maximum atomic E-state index is 11.7. The molecule has 8 nitrogen and oxygen atoms in total. The van der Waals surface area contributed by atoms with Gasteiger partial charge in [-0.1, -0.05) is 20.3 Å². The predicted molar refractivity (Wildman–Crippen MR) is 79.9 cm³/mol. The van der Waals surface area contributed by atoms with Crippen LogP contribution in [0, 0.1) is 5.92 Å². The third-order valence-corrected chi connectivity index (χ3v) is 3.20. The van der Waals surface area contributed by atoms with E-state index < -0.39 is 17.9 Å². The van der Waals surface area contributed by atoms with Crippen molar-refractivity contribution in [2.75, 3.05) is 13.1 Å². The van der Waals surface area contributed by atoms with Gasteiger partial charge in [-0.2, -0.15) is 0 Å². The van der Waals surface area contributed by atoms with Crippen LogP contribution in [0.1, 0.15) is 40.0 Å². The zero-order valence-electron chi connectivity index (χ0n) is 13.3. The highest BCUT2D eigenvalue weighted by molar-refractivity contribution is 5.87. The van der Waals surface area contributed by atoms with Gasteiger partial charge in [0.1, 0.15) is 6.04 Å². The average Bonchev–Trinajstić information content (AvgIpc) is 2.45. The quantitative estimate of drug-likeness (QED) is 0.410. The van der Waals surface area contributed by atoms with Crippen LogP contribution in [0.2, 0.25) is 0 Å². The van der Waals surface area contributed by atoms with Gasteiger partial charge in [0, 0.05) is 32.9 Å². The van der Waals surface area contributed by atoms with Gasteiger partial charge in [0.05, 0.1) is 0 Å². The number of rotatable bonds is 10.